The Bertz CT molecular complexity index is 1050. The highest BCUT2D eigenvalue weighted by atomic mass is 16.5. The SMILES string of the molecule is CC(=O)Nc1cccc(-n2nnc([C@H]3CCCCN3C(=O)COc3ccccc3)n2)c1. The van der Waals surface area contributed by atoms with Crippen molar-refractivity contribution in [3.8, 4) is 11.4 Å². The molecule has 1 atom stereocenters. The van der Waals surface area contributed by atoms with E-state index in [0.717, 1.165) is 19.3 Å². The number of piperidine rings is 1. The number of hydrogen-bond acceptors (Lipinski definition) is 6. The number of nitrogens with zero attached hydrogens (tertiary/aromatic N) is 5. The van der Waals surface area contributed by atoms with Gasteiger partial charge in [-0.3, -0.25) is 9.59 Å². The van der Waals surface area contributed by atoms with Crippen LogP contribution in [0.15, 0.2) is 54.6 Å². The van der Waals surface area contributed by atoms with Gasteiger partial charge in [0.15, 0.2) is 12.4 Å². The zero-order valence-electron chi connectivity index (χ0n) is 17.3. The highest BCUT2D eigenvalue weighted by Crippen LogP contribution is 2.29. The van der Waals surface area contributed by atoms with Gasteiger partial charge in [0.05, 0.1) is 11.7 Å². The molecule has 1 aliphatic heterocycles. The maximum Gasteiger partial charge on any atom is 0.261 e. The molecule has 0 unspecified atom stereocenters. The zero-order chi connectivity index (χ0) is 21.6. The van der Waals surface area contributed by atoms with Gasteiger partial charge >= 0.3 is 0 Å². The number of aromatic nitrogens is 4. The normalized spacial score (nSPS) is 16.0. The molecule has 3 aromatic rings. The van der Waals surface area contributed by atoms with E-state index in [1.165, 1.54) is 11.7 Å². The molecule has 2 aromatic carbocycles. The van der Waals surface area contributed by atoms with Gasteiger partial charge in [0.1, 0.15) is 5.75 Å². The minimum absolute atomic E-state index is 0.0343. The first kappa shape index (κ1) is 20.5. The van der Waals surface area contributed by atoms with Gasteiger partial charge in [-0.05, 0) is 54.8 Å². The molecule has 0 saturated carbocycles. The molecule has 2 amide bonds. The lowest BCUT2D eigenvalue weighted by atomic mass is 10.0. The summed E-state index contributed by atoms with van der Waals surface area (Å²) in [7, 11) is 0. The minimum atomic E-state index is -0.243. The predicted octanol–water partition coefficient (Wildman–Crippen LogP) is 2.75. The van der Waals surface area contributed by atoms with E-state index < -0.39 is 0 Å². The van der Waals surface area contributed by atoms with Crippen molar-refractivity contribution in [2.75, 3.05) is 18.5 Å². The highest BCUT2D eigenvalue weighted by molar-refractivity contribution is 5.88. The van der Waals surface area contributed by atoms with Crippen LogP contribution in [0.1, 0.15) is 38.1 Å². The summed E-state index contributed by atoms with van der Waals surface area (Å²) >= 11 is 0. The van der Waals surface area contributed by atoms with Crippen LogP contribution in [0.25, 0.3) is 5.69 Å². The van der Waals surface area contributed by atoms with Crippen molar-refractivity contribution in [2.45, 2.75) is 32.2 Å². The molecule has 4 rings (SSSR count). The van der Waals surface area contributed by atoms with Crippen molar-refractivity contribution in [1.29, 1.82) is 0 Å². The number of benzene rings is 2. The Morgan fingerprint density at radius 1 is 1.13 bits per heavy atom. The summed E-state index contributed by atoms with van der Waals surface area (Å²) in [5.74, 6) is 0.904. The fourth-order valence-electron chi connectivity index (χ4n) is 3.62. The maximum absolute atomic E-state index is 12.9. The second-order valence-electron chi connectivity index (χ2n) is 7.37. The molecule has 0 spiro atoms. The van der Waals surface area contributed by atoms with Crippen molar-refractivity contribution >= 4 is 17.5 Å². The summed E-state index contributed by atoms with van der Waals surface area (Å²) in [6, 6.07) is 16.2. The lowest BCUT2D eigenvalue weighted by Gasteiger charge is -2.33. The molecule has 1 saturated heterocycles. The average molecular weight is 420 g/mol. The molecule has 160 valence electrons. The molecule has 0 bridgehead atoms. The standard InChI is InChI=1S/C22H24N6O3/c1-16(29)23-17-8-7-9-18(14-17)28-25-22(24-26-28)20-12-5-6-13-27(20)21(30)15-31-19-10-3-2-4-11-19/h2-4,7-11,14,20H,5-6,12-13,15H2,1H3,(H,23,29)/t20-/m1/s1. The molecule has 9 heteroatoms. The average Bonchev–Trinajstić information content (AvgIpc) is 3.28. The van der Waals surface area contributed by atoms with Crippen molar-refractivity contribution in [3.05, 3.63) is 60.4 Å². The van der Waals surface area contributed by atoms with Crippen LogP contribution in [-0.4, -0.2) is 50.1 Å². The molecule has 1 N–H and O–H groups in total. The summed E-state index contributed by atoms with van der Waals surface area (Å²) in [6.07, 6.45) is 2.69. The topological polar surface area (TPSA) is 102 Å². The third kappa shape index (κ3) is 5.06. The van der Waals surface area contributed by atoms with Gasteiger partial charge in [0.2, 0.25) is 5.91 Å². The van der Waals surface area contributed by atoms with E-state index >= 15 is 0 Å². The zero-order valence-corrected chi connectivity index (χ0v) is 17.3. The first-order chi connectivity index (χ1) is 15.1. The summed E-state index contributed by atoms with van der Waals surface area (Å²) in [6.45, 7) is 2.05. The smallest absolute Gasteiger partial charge is 0.261 e. The summed E-state index contributed by atoms with van der Waals surface area (Å²) in [5.41, 5.74) is 1.32. The number of likely N-dealkylation sites (tertiary alicyclic amines) is 1. The van der Waals surface area contributed by atoms with E-state index in [1.54, 1.807) is 23.1 Å². The molecule has 1 aliphatic rings. The van der Waals surface area contributed by atoms with Crippen LogP contribution < -0.4 is 10.1 Å². The molecular formula is C22H24N6O3. The van der Waals surface area contributed by atoms with Crippen LogP contribution >= 0.6 is 0 Å². The minimum Gasteiger partial charge on any atom is -0.484 e. The number of amides is 2. The Hall–Kier alpha value is -3.75. The maximum atomic E-state index is 12.9. The number of tetrazole rings is 1. The highest BCUT2D eigenvalue weighted by Gasteiger charge is 2.31. The monoisotopic (exact) mass is 420 g/mol. The lowest BCUT2D eigenvalue weighted by molar-refractivity contribution is -0.137. The molecule has 9 nitrogen and oxygen atoms in total. The van der Waals surface area contributed by atoms with Crippen LogP contribution in [-0.2, 0) is 9.59 Å². The number of nitrogens with one attached hydrogen (secondary N) is 1. The molecule has 1 aromatic heterocycles. The van der Waals surface area contributed by atoms with E-state index in [4.69, 9.17) is 4.74 Å². The third-order valence-electron chi connectivity index (χ3n) is 5.05. The van der Waals surface area contributed by atoms with Crippen LogP contribution in [0.3, 0.4) is 0 Å². The second-order valence-corrected chi connectivity index (χ2v) is 7.37. The third-order valence-corrected chi connectivity index (χ3v) is 5.05. The summed E-state index contributed by atoms with van der Waals surface area (Å²) < 4.78 is 5.64. The fourth-order valence-corrected chi connectivity index (χ4v) is 3.62. The molecule has 0 radical (unpaired) electrons. The van der Waals surface area contributed by atoms with Crippen LogP contribution in [0.2, 0.25) is 0 Å². The molecule has 31 heavy (non-hydrogen) atoms. The van der Waals surface area contributed by atoms with Crippen LogP contribution in [0.5, 0.6) is 5.75 Å². The fraction of sp³-hybridized carbons (Fsp3) is 0.318. The van der Waals surface area contributed by atoms with E-state index in [9.17, 15) is 9.59 Å². The van der Waals surface area contributed by atoms with E-state index in [2.05, 4.69) is 20.7 Å². The largest absolute Gasteiger partial charge is 0.484 e. The van der Waals surface area contributed by atoms with E-state index in [1.807, 2.05) is 36.4 Å². The molecule has 2 heterocycles. The van der Waals surface area contributed by atoms with Crippen molar-refractivity contribution < 1.29 is 14.3 Å². The van der Waals surface area contributed by atoms with Gasteiger partial charge in [-0.15, -0.1) is 15.0 Å². The van der Waals surface area contributed by atoms with Gasteiger partial charge in [-0.2, -0.15) is 0 Å². The van der Waals surface area contributed by atoms with Crippen molar-refractivity contribution in [3.63, 3.8) is 0 Å². The van der Waals surface area contributed by atoms with Crippen LogP contribution in [0, 0.1) is 0 Å². The van der Waals surface area contributed by atoms with Gasteiger partial charge in [0, 0.05) is 19.2 Å². The second kappa shape index (κ2) is 9.38. The quantitative estimate of drug-likeness (QED) is 0.658. The van der Waals surface area contributed by atoms with E-state index in [-0.39, 0.29) is 24.5 Å². The van der Waals surface area contributed by atoms with Crippen molar-refractivity contribution in [1.82, 2.24) is 25.1 Å². The Morgan fingerprint density at radius 2 is 1.97 bits per heavy atom. The molecule has 0 aliphatic carbocycles. The number of ether oxygens (including phenoxy) is 1. The Morgan fingerprint density at radius 3 is 2.77 bits per heavy atom. The Balaban J connectivity index is 1.48. The Labute approximate surface area is 180 Å². The Kier molecular flexibility index (Phi) is 6.21. The summed E-state index contributed by atoms with van der Waals surface area (Å²) in [5, 5.41) is 15.6. The van der Waals surface area contributed by atoms with Gasteiger partial charge in [-0.25, -0.2) is 0 Å². The van der Waals surface area contributed by atoms with Crippen LogP contribution in [0.4, 0.5) is 5.69 Å². The van der Waals surface area contributed by atoms with E-state index in [0.29, 0.717) is 29.5 Å². The van der Waals surface area contributed by atoms with Gasteiger partial charge in [0.25, 0.3) is 5.91 Å². The number of rotatable bonds is 6. The lowest BCUT2D eigenvalue weighted by Crippen LogP contribution is -2.41. The molecule has 1 fully saturated rings. The van der Waals surface area contributed by atoms with Gasteiger partial charge in [-0.1, -0.05) is 24.3 Å². The first-order valence-electron chi connectivity index (χ1n) is 10.3. The number of carbonyl (C=O) groups is 2. The van der Waals surface area contributed by atoms with Gasteiger partial charge < -0.3 is 15.0 Å². The predicted molar refractivity (Wildman–Crippen MR) is 114 cm³/mol. The molecular weight excluding hydrogens is 396 g/mol. The number of para-hydroxylation sites is 1. The number of hydrogen-bond donors (Lipinski definition) is 1. The first-order valence-corrected chi connectivity index (χ1v) is 10.3. The summed E-state index contributed by atoms with van der Waals surface area (Å²) in [4.78, 5) is 27.4. The number of carbonyl (C=O) groups excluding carboxylic acids is 2. The number of anilines is 1. The van der Waals surface area contributed by atoms with Crippen molar-refractivity contribution in [2.24, 2.45) is 0 Å².